The van der Waals surface area contributed by atoms with E-state index in [1.807, 2.05) is 0 Å². The molecule has 9 nitrogen and oxygen atoms in total. The number of aromatic nitrogens is 4. The third kappa shape index (κ3) is 8.23. The Morgan fingerprint density at radius 1 is 0.884 bits per heavy atom. The van der Waals surface area contributed by atoms with Crippen molar-refractivity contribution in [3.8, 4) is 0 Å². The van der Waals surface area contributed by atoms with E-state index in [0.29, 0.717) is 36.5 Å². The first kappa shape index (κ1) is 31.8. The summed E-state index contributed by atoms with van der Waals surface area (Å²) in [6, 6.07) is 6.09. The van der Waals surface area contributed by atoms with Crippen LogP contribution in [-0.4, -0.2) is 43.5 Å². The van der Waals surface area contributed by atoms with Crippen LogP contribution in [0.2, 0.25) is 0 Å². The highest BCUT2D eigenvalue weighted by Gasteiger charge is 2.38. The molecule has 1 aromatic heterocycles. The quantitative estimate of drug-likeness (QED) is 0.257. The number of halogens is 6. The SMILES string of the molecule is CC(C)(C)[C@H]1CC[C@@H](N(Cc2ccc(C(=O)Nc3nn[nH]n3)cc2)C(=O)Nc2cc(C(F)(F)F)cc(C(F)(F)F)c2)CC1. The summed E-state index contributed by atoms with van der Waals surface area (Å²) in [4.78, 5) is 27.4. The number of hydrogen-bond acceptors (Lipinski definition) is 5. The number of carbonyl (C=O) groups excluding carboxylic acids is 2. The number of anilines is 2. The van der Waals surface area contributed by atoms with Gasteiger partial charge in [0.2, 0.25) is 0 Å². The standard InChI is InChI=1S/C28H31F6N7O2/c1-26(2,3)18-8-10-22(11-9-18)41(15-16-4-6-17(7-5-16)23(42)36-24-37-39-40-38-24)25(43)35-21-13-19(27(29,30)31)12-20(14-21)28(32,33)34/h4-7,12-14,18,22H,8-11,15H2,1-3H3,(H,35,43)(H2,36,37,38,39,40,42)/t18-,22+. The van der Waals surface area contributed by atoms with Crippen LogP contribution in [0.4, 0.5) is 42.8 Å². The lowest BCUT2D eigenvalue weighted by Crippen LogP contribution is -2.45. The van der Waals surface area contributed by atoms with Crippen LogP contribution < -0.4 is 10.6 Å². The average molecular weight is 612 g/mol. The summed E-state index contributed by atoms with van der Waals surface area (Å²) in [5, 5.41) is 17.6. The molecule has 3 amide bonds. The maximum atomic E-state index is 13.5. The minimum Gasteiger partial charge on any atom is -0.317 e. The molecule has 232 valence electrons. The Balaban J connectivity index is 1.58. The third-order valence-electron chi connectivity index (χ3n) is 7.60. The number of hydrogen-bond donors (Lipinski definition) is 3. The maximum Gasteiger partial charge on any atom is 0.416 e. The lowest BCUT2D eigenvalue weighted by molar-refractivity contribution is -0.143. The van der Waals surface area contributed by atoms with Gasteiger partial charge in [0.15, 0.2) is 0 Å². The Kier molecular flexibility index (Phi) is 9.02. The van der Waals surface area contributed by atoms with E-state index in [1.165, 1.54) is 17.0 Å². The molecule has 0 saturated heterocycles. The number of benzene rings is 2. The van der Waals surface area contributed by atoms with Crippen LogP contribution in [0.3, 0.4) is 0 Å². The first-order valence-electron chi connectivity index (χ1n) is 13.5. The Bertz CT molecular complexity index is 1380. The predicted molar refractivity (Wildman–Crippen MR) is 145 cm³/mol. The summed E-state index contributed by atoms with van der Waals surface area (Å²) in [6.07, 6.45) is -7.29. The Morgan fingerprint density at radius 3 is 1.95 bits per heavy atom. The van der Waals surface area contributed by atoms with E-state index in [0.717, 1.165) is 12.8 Å². The van der Waals surface area contributed by atoms with Gasteiger partial charge >= 0.3 is 18.4 Å². The summed E-state index contributed by atoms with van der Waals surface area (Å²) in [7, 11) is 0. The van der Waals surface area contributed by atoms with Crippen LogP contribution in [0.25, 0.3) is 0 Å². The zero-order valence-corrected chi connectivity index (χ0v) is 23.6. The number of amides is 3. The highest BCUT2D eigenvalue weighted by atomic mass is 19.4. The zero-order valence-electron chi connectivity index (χ0n) is 23.6. The Labute approximate surface area is 243 Å². The number of nitrogens with one attached hydrogen (secondary N) is 3. The van der Waals surface area contributed by atoms with Crippen molar-refractivity contribution in [3.63, 3.8) is 0 Å². The number of urea groups is 1. The molecule has 4 rings (SSSR count). The molecule has 1 heterocycles. The highest BCUT2D eigenvalue weighted by Crippen LogP contribution is 2.40. The molecule has 0 radical (unpaired) electrons. The fraction of sp³-hybridized carbons (Fsp3) is 0.464. The number of tetrazole rings is 1. The van der Waals surface area contributed by atoms with Crippen molar-refractivity contribution in [1.29, 1.82) is 0 Å². The molecule has 15 heteroatoms. The Morgan fingerprint density at radius 2 is 1.47 bits per heavy atom. The fourth-order valence-electron chi connectivity index (χ4n) is 5.19. The topological polar surface area (TPSA) is 116 Å². The molecular weight excluding hydrogens is 580 g/mol. The third-order valence-corrected chi connectivity index (χ3v) is 7.60. The molecule has 0 atom stereocenters. The lowest BCUT2D eigenvalue weighted by atomic mass is 9.71. The van der Waals surface area contributed by atoms with Gasteiger partial charge in [-0.25, -0.2) is 4.79 Å². The second-order valence-electron chi connectivity index (χ2n) is 11.6. The van der Waals surface area contributed by atoms with E-state index in [1.54, 1.807) is 12.1 Å². The van der Waals surface area contributed by atoms with Crippen molar-refractivity contribution < 1.29 is 35.9 Å². The molecule has 3 N–H and O–H groups in total. The largest absolute Gasteiger partial charge is 0.416 e. The summed E-state index contributed by atoms with van der Waals surface area (Å²) in [6.45, 7) is 6.40. The Hall–Kier alpha value is -4.17. The van der Waals surface area contributed by atoms with Gasteiger partial charge < -0.3 is 10.2 Å². The molecule has 0 spiro atoms. The van der Waals surface area contributed by atoms with Gasteiger partial charge in [0, 0.05) is 23.8 Å². The summed E-state index contributed by atoms with van der Waals surface area (Å²) in [5.74, 6) is -0.136. The zero-order chi connectivity index (χ0) is 31.6. The van der Waals surface area contributed by atoms with E-state index < -0.39 is 41.1 Å². The number of carbonyl (C=O) groups is 2. The molecule has 2 aromatic carbocycles. The van der Waals surface area contributed by atoms with Crippen LogP contribution >= 0.6 is 0 Å². The van der Waals surface area contributed by atoms with Gasteiger partial charge in [0.1, 0.15) is 0 Å². The molecule has 3 aromatic rings. The van der Waals surface area contributed by atoms with Gasteiger partial charge in [-0.05, 0) is 78.1 Å². The molecule has 1 aliphatic rings. The van der Waals surface area contributed by atoms with Crippen molar-refractivity contribution in [2.45, 2.75) is 71.4 Å². The van der Waals surface area contributed by atoms with Crippen LogP contribution in [-0.2, 0) is 18.9 Å². The molecule has 0 bridgehead atoms. The lowest BCUT2D eigenvalue weighted by Gasteiger charge is -2.41. The fourth-order valence-corrected chi connectivity index (χ4v) is 5.19. The highest BCUT2D eigenvalue weighted by molar-refractivity contribution is 6.03. The van der Waals surface area contributed by atoms with Crippen molar-refractivity contribution in [2.75, 3.05) is 10.6 Å². The predicted octanol–water partition coefficient (Wildman–Crippen LogP) is 7.13. The van der Waals surface area contributed by atoms with Gasteiger partial charge in [-0.3, -0.25) is 10.1 Å². The van der Waals surface area contributed by atoms with Crippen molar-refractivity contribution in [2.24, 2.45) is 11.3 Å². The van der Waals surface area contributed by atoms with E-state index in [4.69, 9.17) is 0 Å². The number of alkyl halides is 6. The van der Waals surface area contributed by atoms with Crippen LogP contribution in [0.5, 0.6) is 0 Å². The van der Waals surface area contributed by atoms with E-state index in [9.17, 15) is 35.9 Å². The van der Waals surface area contributed by atoms with Gasteiger partial charge in [0.05, 0.1) is 11.1 Å². The van der Waals surface area contributed by atoms with Gasteiger partial charge in [-0.15, -0.1) is 5.10 Å². The number of H-pyrrole nitrogens is 1. The van der Waals surface area contributed by atoms with Crippen molar-refractivity contribution in [1.82, 2.24) is 25.5 Å². The molecule has 1 fully saturated rings. The molecule has 1 saturated carbocycles. The van der Waals surface area contributed by atoms with Crippen molar-refractivity contribution >= 4 is 23.6 Å². The van der Waals surface area contributed by atoms with Crippen LogP contribution in [0.1, 0.15) is 73.5 Å². The summed E-state index contributed by atoms with van der Waals surface area (Å²) in [5.41, 5.74) is -2.76. The summed E-state index contributed by atoms with van der Waals surface area (Å²) < 4.78 is 80.4. The van der Waals surface area contributed by atoms with Crippen LogP contribution in [0.15, 0.2) is 42.5 Å². The molecule has 0 unspecified atom stereocenters. The monoisotopic (exact) mass is 611 g/mol. The average Bonchev–Trinajstić information content (AvgIpc) is 3.43. The minimum atomic E-state index is -5.05. The van der Waals surface area contributed by atoms with Crippen LogP contribution in [0, 0.1) is 11.3 Å². The van der Waals surface area contributed by atoms with Gasteiger partial charge in [0.25, 0.3) is 11.9 Å². The molecule has 43 heavy (non-hydrogen) atoms. The second kappa shape index (κ2) is 12.2. The first-order valence-corrected chi connectivity index (χ1v) is 13.5. The smallest absolute Gasteiger partial charge is 0.317 e. The molecule has 1 aliphatic carbocycles. The summed E-state index contributed by atoms with van der Waals surface area (Å²) >= 11 is 0. The number of aromatic amines is 1. The minimum absolute atomic E-state index is 0.00845. The van der Waals surface area contributed by atoms with Gasteiger partial charge in [-0.2, -0.15) is 31.6 Å². The van der Waals surface area contributed by atoms with E-state index >= 15 is 0 Å². The molecule has 0 aliphatic heterocycles. The first-order chi connectivity index (χ1) is 20.0. The molecular formula is C28H31F6N7O2. The number of rotatable bonds is 6. The van der Waals surface area contributed by atoms with E-state index in [-0.39, 0.29) is 35.6 Å². The van der Waals surface area contributed by atoms with Crippen molar-refractivity contribution in [3.05, 3.63) is 64.7 Å². The number of nitrogens with zero attached hydrogens (tertiary/aromatic N) is 4. The normalized spacial score (nSPS) is 17.8. The maximum absolute atomic E-state index is 13.5. The second-order valence-corrected chi connectivity index (χ2v) is 11.6. The van der Waals surface area contributed by atoms with Gasteiger partial charge in [-0.1, -0.05) is 38.0 Å². The van der Waals surface area contributed by atoms with E-state index in [2.05, 4.69) is 52.0 Å².